The molecule has 2 rings (SSSR count). The molecule has 0 bridgehead atoms. The number of anilines is 1. The van der Waals surface area contributed by atoms with Crippen LogP contribution in [0.3, 0.4) is 0 Å². The second-order valence-electron chi connectivity index (χ2n) is 6.16. The third kappa shape index (κ3) is 4.64. The minimum Gasteiger partial charge on any atom is -0.360 e. The van der Waals surface area contributed by atoms with Gasteiger partial charge in [-0.2, -0.15) is 0 Å². The third-order valence-corrected chi connectivity index (χ3v) is 4.39. The summed E-state index contributed by atoms with van der Waals surface area (Å²) in [5.41, 5.74) is 0.515. The van der Waals surface area contributed by atoms with Crippen molar-refractivity contribution >= 4 is 11.7 Å². The summed E-state index contributed by atoms with van der Waals surface area (Å²) < 4.78 is 0. The van der Waals surface area contributed by atoms with Gasteiger partial charge in [0.1, 0.15) is 17.3 Å². The predicted molar refractivity (Wildman–Crippen MR) is 93.0 cm³/mol. The van der Waals surface area contributed by atoms with E-state index < -0.39 is 0 Å². The Labute approximate surface area is 139 Å². The molecule has 1 saturated heterocycles. The first-order valence-electron chi connectivity index (χ1n) is 8.63. The molecule has 0 spiro atoms. The van der Waals surface area contributed by atoms with Gasteiger partial charge >= 0.3 is 0 Å². The van der Waals surface area contributed by atoms with Gasteiger partial charge in [-0.15, -0.1) is 0 Å². The Bertz CT molecular complexity index is 526. The fourth-order valence-electron chi connectivity index (χ4n) is 2.80. The van der Waals surface area contributed by atoms with Crippen molar-refractivity contribution < 1.29 is 4.79 Å². The molecule has 1 fully saturated rings. The average Bonchev–Trinajstić information content (AvgIpc) is 2.58. The molecular formula is C17H29N5O. The molecule has 1 aromatic heterocycles. The van der Waals surface area contributed by atoms with Crippen LogP contribution in [0.15, 0.2) is 6.07 Å². The number of carbonyl (C=O) groups excluding carboxylic acids is 1. The monoisotopic (exact) mass is 319 g/mol. The standard InChI is InChI=1S/C17H29N5O/c1-5-7-8-20(4)16-13-15(18-14(3)19-16)17(23)22-11-9-21(6-2)10-12-22/h13H,5-12H2,1-4H3. The minimum absolute atomic E-state index is 0.0244. The Balaban J connectivity index is 2.09. The smallest absolute Gasteiger partial charge is 0.272 e. The van der Waals surface area contributed by atoms with E-state index in [0.717, 1.165) is 57.9 Å². The van der Waals surface area contributed by atoms with Gasteiger partial charge in [0.25, 0.3) is 5.91 Å². The number of piperazine rings is 1. The second kappa shape index (κ2) is 8.24. The van der Waals surface area contributed by atoms with E-state index in [2.05, 4.69) is 33.6 Å². The molecule has 128 valence electrons. The highest BCUT2D eigenvalue weighted by molar-refractivity contribution is 5.93. The van der Waals surface area contributed by atoms with Gasteiger partial charge in [-0.1, -0.05) is 20.3 Å². The number of likely N-dealkylation sites (N-methyl/N-ethyl adjacent to an activating group) is 1. The summed E-state index contributed by atoms with van der Waals surface area (Å²) in [6.07, 6.45) is 2.25. The van der Waals surface area contributed by atoms with Crippen LogP contribution >= 0.6 is 0 Å². The fraction of sp³-hybridized carbons (Fsp3) is 0.706. The van der Waals surface area contributed by atoms with Gasteiger partial charge in [0.2, 0.25) is 0 Å². The number of hydrogen-bond donors (Lipinski definition) is 0. The highest BCUT2D eigenvalue weighted by Gasteiger charge is 2.23. The largest absolute Gasteiger partial charge is 0.360 e. The molecule has 0 radical (unpaired) electrons. The summed E-state index contributed by atoms with van der Waals surface area (Å²) in [7, 11) is 2.02. The molecule has 1 aliphatic heterocycles. The van der Waals surface area contributed by atoms with Gasteiger partial charge in [0, 0.05) is 45.8 Å². The fourth-order valence-corrected chi connectivity index (χ4v) is 2.80. The summed E-state index contributed by atoms with van der Waals surface area (Å²) in [6.45, 7) is 11.6. The second-order valence-corrected chi connectivity index (χ2v) is 6.16. The maximum absolute atomic E-state index is 12.7. The van der Waals surface area contributed by atoms with E-state index in [0.29, 0.717) is 11.5 Å². The zero-order valence-corrected chi connectivity index (χ0v) is 14.9. The zero-order chi connectivity index (χ0) is 16.8. The van der Waals surface area contributed by atoms with Crippen molar-refractivity contribution in [3.8, 4) is 0 Å². The summed E-state index contributed by atoms with van der Waals surface area (Å²) >= 11 is 0. The Kier molecular flexibility index (Phi) is 6.33. The Morgan fingerprint density at radius 2 is 1.91 bits per heavy atom. The van der Waals surface area contributed by atoms with E-state index in [4.69, 9.17) is 0 Å². The van der Waals surface area contributed by atoms with Crippen molar-refractivity contribution in [2.75, 3.05) is 51.2 Å². The predicted octanol–water partition coefficient (Wildman–Crippen LogP) is 1.80. The number of amides is 1. The minimum atomic E-state index is 0.0244. The van der Waals surface area contributed by atoms with Crippen LogP contribution in [0.5, 0.6) is 0 Å². The zero-order valence-electron chi connectivity index (χ0n) is 14.9. The Hall–Kier alpha value is -1.69. The molecule has 23 heavy (non-hydrogen) atoms. The van der Waals surface area contributed by atoms with E-state index in [1.165, 1.54) is 0 Å². The molecule has 1 amide bonds. The van der Waals surface area contributed by atoms with E-state index in [-0.39, 0.29) is 5.91 Å². The lowest BCUT2D eigenvalue weighted by molar-refractivity contribution is 0.0637. The number of nitrogens with zero attached hydrogens (tertiary/aromatic N) is 5. The van der Waals surface area contributed by atoms with Crippen LogP contribution in [0.1, 0.15) is 43.0 Å². The quantitative estimate of drug-likeness (QED) is 0.800. The van der Waals surface area contributed by atoms with Gasteiger partial charge in [-0.05, 0) is 19.9 Å². The molecule has 1 aliphatic rings. The molecule has 0 aromatic carbocycles. The number of aryl methyl sites for hydroxylation is 1. The number of aromatic nitrogens is 2. The molecule has 6 heteroatoms. The normalized spacial score (nSPS) is 15.7. The number of carbonyl (C=O) groups is 1. The van der Waals surface area contributed by atoms with Crippen LogP contribution < -0.4 is 4.90 Å². The number of hydrogen-bond acceptors (Lipinski definition) is 5. The Morgan fingerprint density at radius 1 is 1.22 bits per heavy atom. The van der Waals surface area contributed by atoms with Crippen molar-refractivity contribution in [2.45, 2.75) is 33.6 Å². The maximum atomic E-state index is 12.7. The van der Waals surface area contributed by atoms with E-state index in [1.807, 2.05) is 24.9 Å². The molecule has 0 unspecified atom stereocenters. The van der Waals surface area contributed by atoms with E-state index in [9.17, 15) is 4.79 Å². The van der Waals surface area contributed by atoms with Gasteiger partial charge in [0.05, 0.1) is 0 Å². The van der Waals surface area contributed by atoms with Crippen LogP contribution in [0.25, 0.3) is 0 Å². The molecular weight excluding hydrogens is 290 g/mol. The first-order valence-corrected chi connectivity index (χ1v) is 8.63. The maximum Gasteiger partial charge on any atom is 0.272 e. The van der Waals surface area contributed by atoms with Crippen LogP contribution in [-0.4, -0.2) is 72.0 Å². The summed E-state index contributed by atoms with van der Waals surface area (Å²) in [5.74, 6) is 1.51. The van der Waals surface area contributed by atoms with Gasteiger partial charge in [-0.3, -0.25) is 4.79 Å². The lowest BCUT2D eigenvalue weighted by Crippen LogP contribution is -2.48. The Morgan fingerprint density at radius 3 is 2.52 bits per heavy atom. The van der Waals surface area contributed by atoms with Gasteiger partial charge in [0.15, 0.2) is 0 Å². The van der Waals surface area contributed by atoms with Crippen molar-refractivity contribution in [2.24, 2.45) is 0 Å². The molecule has 1 aromatic rings. The van der Waals surface area contributed by atoms with Crippen LogP contribution in [-0.2, 0) is 0 Å². The number of unbranched alkanes of at least 4 members (excludes halogenated alkanes) is 1. The topological polar surface area (TPSA) is 52.6 Å². The van der Waals surface area contributed by atoms with Crippen molar-refractivity contribution in [3.05, 3.63) is 17.6 Å². The first-order chi connectivity index (χ1) is 11.0. The lowest BCUT2D eigenvalue weighted by Gasteiger charge is -2.34. The molecule has 6 nitrogen and oxygen atoms in total. The molecule has 0 N–H and O–H groups in total. The van der Waals surface area contributed by atoms with Crippen LogP contribution in [0.4, 0.5) is 5.82 Å². The first kappa shape index (κ1) is 17.7. The molecule has 0 aliphatic carbocycles. The van der Waals surface area contributed by atoms with Crippen molar-refractivity contribution in [3.63, 3.8) is 0 Å². The highest BCUT2D eigenvalue weighted by atomic mass is 16.2. The van der Waals surface area contributed by atoms with Gasteiger partial charge in [-0.25, -0.2) is 9.97 Å². The van der Waals surface area contributed by atoms with Crippen LogP contribution in [0, 0.1) is 6.92 Å². The van der Waals surface area contributed by atoms with E-state index >= 15 is 0 Å². The van der Waals surface area contributed by atoms with Crippen molar-refractivity contribution in [1.29, 1.82) is 0 Å². The highest BCUT2D eigenvalue weighted by Crippen LogP contribution is 2.14. The summed E-state index contributed by atoms with van der Waals surface area (Å²) in [5, 5.41) is 0. The molecule has 0 saturated carbocycles. The molecule has 0 atom stereocenters. The van der Waals surface area contributed by atoms with E-state index in [1.54, 1.807) is 0 Å². The summed E-state index contributed by atoms with van der Waals surface area (Å²) in [6, 6.07) is 1.83. The SMILES string of the molecule is CCCCN(C)c1cc(C(=O)N2CCN(CC)CC2)nc(C)n1. The third-order valence-electron chi connectivity index (χ3n) is 4.39. The lowest BCUT2D eigenvalue weighted by atomic mass is 10.2. The average molecular weight is 319 g/mol. The van der Waals surface area contributed by atoms with Crippen molar-refractivity contribution in [1.82, 2.24) is 19.8 Å². The number of rotatable bonds is 6. The van der Waals surface area contributed by atoms with Gasteiger partial charge < -0.3 is 14.7 Å². The summed E-state index contributed by atoms with van der Waals surface area (Å²) in [4.78, 5) is 27.9. The molecule has 2 heterocycles. The van der Waals surface area contributed by atoms with Crippen LogP contribution in [0.2, 0.25) is 0 Å².